The summed E-state index contributed by atoms with van der Waals surface area (Å²) in [5.41, 5.74) is 1.75. The third-order valence-electron chi connectivity index (χ3n) is 7.67. The molecule has 40 heavy (non-hydrogen) atoms. The molecule has 6 rings (SSSR count). The van der Waals surface area contributed by atoms with Crippen LogP contribution in [0.3, 0.4) is 0 Å². The smallest absolute Gasteiger partial charge is 0.283 e. The minimum Gasteiger partial charge on any atom is -0.492 e. The van der Waals surface area contributed by atoms with Crippen LogP contribution in [0.1, 0.15) is 51.0 Å². The van der Waals surface area contributed by atoms with Crippen molar-refractivity contribution in [2.75, 3.05) is 46.1 Å². The maximum absolute atomic E-state index is 10.1. The minimum absolute atomic E-state index is 0.00208. The molecule has 0 spiro atoms. The fourth-order valence-electron chi connectivity index (χ4n) is 5.39. The van der Waals surface area contributed by atoms with Gasteiger partial charge in [0.05, 0.1) is 18.6 Å². The number of hydrogen-bond acceptors (Lipinski definition) is 9. The second-order valence-corrected chi connectivity index (χ2v) is 11.8. The Kier molecular flexibility index (Phi) is 7.42. The first kappa shape index (κ1) is 26.7. The maximum atomic E-state index is 10.1. The molecule has 4 aromatic rings. The van der Waals surface area contributed by atoms with Gasteiger partial charge in [0.25, 0.3) is 5.89 Å². The SMILES string of the molecule is CC(C)(C)c1nnc(-c2cc3c(OCC(CO)CN4CCC(c5ccc6c(c5)OCCO6)CC4)cccc3o2)o1. The molecule has 4 heterocycles. The van der Waals surface area contributed by atoms with Gasteiger partial charge in [-0.15, -0.1) is 10.2 Å². The van der Waals surface area contributed by atoms with E-state index in [-0.39, 0.29) is 17.9 Å². The maximum Gasteiger partial charge on any atom is 0.283 e. The summed E-state index contributed by atoms with van der Waals surface area (Å²) in [6.45, 7) is 10.5. The third kappa shape index (κ3) is 5.67. The lowest BCUT2D eigenvalue weighted by molar-refractivity contribution is 0.106. The van der Waals surface area contributed by atoms with E-state index >= 15 is 0 Å². The Morgan fingerprint density at radius 1 is 1.00 bits per heavy atom. The van der Waals surface area contributed by atoms with Crippen molar-refractivity contribution in [3.05, 3.63) is 53.9 Å². The largest absolute Gasteiger partial charge is 0.492 e. The number of benzene rings is 2. The molecule has 9 nitrogen and oxygen atoms in total. The summed E-state index contributed by atoms with van der Waals surface area (Å²) in [6, 6.07) is 13.9. The topological polar surface area (TPSA) is 103 Å². The Morgan fingerprint density at radius 3 is 2.55 bits per heavy atom. The first-order valence-electron chi connectivity index (χ1n) is 14.1. The summed E-state index contributed by atoms with van der Waals surface area (Å²) in [7, 11) is 0. The zero-order chi connectivity index (χ0) is 27.7. The number of piperidine rings is 1. The Labute approximate surface area is 234 Å². The molecule has 0 bridgehead atoms. The number of aliphatic hydroxyl groups excluding tert-OH is 1. The van der Waals surface area contributed by atoms with Gasteiger partial charge in [0.15, 0.2) is 17.3 Å². The predicted molar refractivity (Wildman–Crippen MR) is 150 cm³/mol. The van der Waals surface area contributed by atoms with Gasteiger partial charge in [0, 0.05) is 23.9 Å². The number of aromatic nitrogens is 2. The van der Waals surface area contributed by atoms with Crippen LogP contribution in [0.15, 0.2) is 51.3 Å². The zero-order valence-corrected chi connectivity index (χ0v) is 23.4. The molecule has 2 aliphatic rings. The van der Waals surface area contributed by atoms with Crippen molar-refractivity contribution in [3.8, 4) is 28.9 Å². The van der Waals surface area contributed by atoms with E-state index in [0.717, 1.165) is 49.4 Å². The van der Waals surface area contributed by atoms with E-state index in [2.05, 4.69) is 27.2 Å². The molecule has 0 saturated carbocycles. The second kappa shape index (κ2) is 11.1. The van der Waals surface area contributed by atoms with Crippen LogP contribution in [0, 0.1) is 5.92 Å². The van der Waals surface area contributed by atoms with Crippen LogP contribution in [-0.2, 0) is 5.41 Å². The van der Waals surface area contributed by atoms with Crippen molar-refractivity contribution in [1.82, 2.24) is 15.1 Å². The lowest BCUT2D eigenvalue weighted by Gasteiger charge is -2.34. The number of rotatable bonds is 8. The van der Waals surface area contributed by atoms with Gasteiger partial charge in [0.2, 0.25) is 5.89 Å². The van der Waals surface area contributed by atoms with E-state index in [0.29, 0.717) is 54.6 Å². The summed E-state index contributed by atoms with van der Waals surface area (Å²) >= 11 is 0. The summed E-state index contributed by atoms with van der Waals surface area (Å²) in [6.07, 6.45) is 2.14. The third-order valence-corrected chi connectivity index (χ3v) is 7.67. The predicted octanol–water partition coefficient (Wildman–Crippen LogP) is 5.42. The number of nitrogens with zero attached hydrogens (tertiary/aromatic N) is 3. The van der Waals surface area contributed by atoms with E-state index in [1.165, 1.54) is 5.56 Å². The quantitative estimate of drug-likeness (QED) is 0.310. The molecule has 1 atom stereocenters. The highest BCUT2D eigenvalue weighted by molar-refractivity contribution is 5.87. The fourth-order valence-corrected chi connectivity index (χ4v) is 5.39. The highest BCUT2D eigenvalue weighted by atomic mass is 16.6. The molecule has 2 aromatic carbocycles. The summed E-state index contributed by atoms with van der Waals surface area (Å²) in [4.78, 5) is 2.43. The van der Waals surface area contributed by atoms with Gasteiger partial charge in [0.1, 0.15) is 24.5 Å². The van der Waals surface area contributed by atoms with Crippen LogP contribution < -0.4 is 14.2 Å². The summed E-state index contributed by atoms with van der Waals surface area (Å²) in [5, 5.41) is 19.3. The van der Waals surface area contributed by atoms with Gasteiger partial charge in [-0.05, 0) is 61.7 Å². The number of aliphatic hydroxyl groups is 1. The van der Waals surface area contributed by atoms with Crippen LogP contribution >= 0.6 is 0 Å². The second-order valence-electron chi connectivity index (χ2n) is 11.8. The standard InChI is InChI=1S/C31H37N3O6/c1-31(2,3)30-33-32-29(40-30)28-16-23-24(5-4-6-25(23)39-28)38-19-20(18-35)17-34-11-9-21(10-12-34)22-7-8-26-27(15-22)37-14-13-36-26/h4-8,15-16,20-21,35H,9-14,17-19H2,1-3H3. The van der Waals surface area contributed by atoms with Crippen molar-refractivity contribution in [2.24, 2.45) is 5.92 Å². The number of fused-ring (bicyclic) bond motifs is 2. The van der Waals surface area contributed by atoms with Crippen molar-refractivity contribution in [1.29, 1.82) is 0 Å². The minimum atomic E-state index is -0.245. The van der Waals surface area contributed by atoms with E-state index < -0.39 is 0 Å². The average molecular weight is 548 g/mol. The van der Waals surface area contributed by atoms with Gasteiger partial charge in [-0.3, -0.25) is 0 Å². The van der Waals surface area contributed by atoms with Gasteiger partial charge in [-0.1, -0.05) is 32.9 Å². The lowest BCUT2D eigenvalue weighted by Crippen LogP contribution is -2.39. The molecule has 2 aliphatic heterocycles. The van der Waals surface area contributed by atoms with Crippen molar-refractivity contribution < 1.29 is 28.2 Å². The summed E-state index contributed by atoms with van der Waals surface area (Å²) < 4.78 is 29.5. The van der Waals surface area contributed by atoms with E-state index in [9.17, 15) is 5.11 Å². The van der Waals surface area contributed by atoms with Crippen LogP contribution in [0.4, 0.5) is 0 Å². The Morgan fingerprint density at radius 2 is 1.80 bits per heavy atom. The zero-order valence-electron chi connectivity index (χ0n) is 23.4. The van der Waals surface area contributed by atoms with Crippen LogP contribution in [0.2, 0.25) is 0 Å². The van der Waals surface area contributed by atoms with Crippen molar-refractivity contribution in [2.45, 2.75) is 44.9 Å². The summed E-state index contributed by atoms with van der Waals surface area (Å²) in [5.74, 6) is 4.31. The highest BCUT2D eigenvalue weighted by Gasteiger charge is 2.26. The van der Waals surface area contributed by atoms with Crippen LogP contribution in [-0.4, -0.2) is 66.3 Å². The number of furan rings is 1. The number of likely N-dealkylation sites (tertiary alicyclic amines) is 1. The van der Waals surface area contributed by atoms with Crippen LogP contribution in [0.5, 0.6) is 17.2 Å². The molecule has 1 unspecified atom stereocenters. The molecule has 0 radical (unpaired) electrons. The average Bonchev–Trinajstić information content (AvgIpc) is 3.63. The Hall–Kier alpha value is -3.56. The van der Waals surface area contributed by atoms with E-state index in [4.69, 9.17) is 23.0 Å². The number of hydrogen-bond donors (Lipinski definition) is 1. The monoisotopic (exact) mass is 547 g/mol. The molecule has 0 amide bonds. The molecule has 1 N–H and O–H groups in total. The number of ether oxygens (including phenoxy) is 3. The molecule has 1 fully saturated rings. The molecule has 0 aliphatic carbocycles. The molecule has 212 valence electrons. The first-order valence-corrected chi connectivity index (χ1v) is 14.1. The van der Waals surface area contributed by atoms with E-state index in [1.54, 1.807) is 0 Å². The van der Waals surface area contributed by atoms with Gasteiger partial charge in [-0.2, -0.15) is 0 Å². The molecular formula is C31H37N3O6. The lowest BCUT2D eigenvalue weighted by atomic mass is 9.89. The molecule has 1 saturated heterocycles. The van der Waals surface area contributed by atoms with Crippen molar-refractivity contribution in [3.63, 3.8) is 0 Å². The first-order chi connectivity index (χ1) is 19.4. The molecular weight excluding hydrogens is 510 g/mol. The highest BCUT2D eigenvalue weighted by Crippen LogP contribution is 2.37. The van der Waals surface area contributed by atoms with Crippen LogP contribution in [0.25, 0.3) is 22.6 Å². The normalized spacial score (nSPS) is 17.3. The van der Waals surface area contributed by atoms with Crippen molar-refractivity contribution >= 4 is 11.0 Å². The Balaban J connectivity index is 1.06. The van der Waals surface area contributed by atoms with Gasteiger partial charge < -0.3 is 33.1 Å². The molecule has 9 heteroatoms. The molecule has 2 aromatic heterocycles. The Bertz CT molecular complexity index is 1450. The van der Waals surface area contributed by atoms with E-state index in [1.807, 2.05) is 51.1 Å². The van der Waals surface area contributed by atoms with Gasteiger partial charge in [-0.25, -0.2) is 0 Å². The fraction of sp³-hybridized carbons (Fsp3) is 0.484. The van der Waals surface area contributed by atoms with Gasteiger partial charge >= 0.3 is 0 Å².